The van der Waals surface area contributed by atoms with Crippen molar-refractivity contribution in [1.29, 1.82) is 0 Å². The van der Waals surface area contributed by atoms with Crippen molar-refractivity contribution in [3.63, 3.8) is 0 Å². The minimum absolute atomic E-state index is 0.00927. The van der Waals surface area contributed by atoms with E-state index in [0.717, 1.165) is 11.3 Å². The summed E-state index contributed by atoms with van der Waals surface area (Å²) in [6.07, 6.45) is 2.71. The van der Waals surface area contributed by atoms with E-state index >= 15 is 0 Å². The number of rotatable bonds is 5. The maximum atomic E-state index is 11.6. The predicted octanol–water partition coefficient (Wildman–Crippen LogP) is 1.30. The zero-order chi connectivity index (χ0) is 14.4. The standard InChI is InChI=1S/C11H12N2O5S/c1-12(7-11(15)18-2)9(14)5-3-8-4-6-10(19-8)13(16)17/h3-6H,7H2,1-2H3/b5-3+. The van der Waals surface area contributed by atoms with Crippen LogP contribution in [0.2, 0.25) is 0 Å². The summed E-state index contributed by atoms with van der Waals surface area (Å²) in [5, 5.41) is 10.5. The highest BCUT2D eigenvalue weighted by atomic mass is 32.1. The Morgan fingerprint density at radius 2 is 2.21 bits per heavy atom. The van der Waals surface area contributed by atoms with Gasteiger partial charge < -0.3 is 9.64 Å². The molecule has 0 aliphatic rings. The van der Waals surface area contributed by atoms with E-state index < -0.39 is 10.9 Å². The van der Waals surface area contributed by atoms with Gasteiger partial charge in [0.1, 0.15) is 6.54 Å². The molecule has 7 nitrogen and oxygen atoms in total. The van der Waals surface area contributed by atoms with Crippen LogP contribution in [0.25, 0.3) is 6.08 Å². The van der Waals surface area contributed by atoms with Crippen LogP contribution in [0.15, 0.2) is 18.2 Å². The van der Waals surface area contributed by atoms with E-state index in [2.05, 4.69) is 4.74 Å². The molecular formula is C11H12N2O5S. The molecule has 0 fully saturated rings. The Kier molecular flexibility index (Phi) is 5.19. The molecule has 0 bridgehead atoms. The first-order chi connectivity index (χ1) is 8.93. The summed E-state index contributed by atoms with van der Waals surface area (Å²) in [5.74, 6) is -0.905. The minimum atomic E-state index is -0.518. The predicted molar refractivity (Wildman–Crippen MR) is 69.7 cm³/mol. The summed E-state index contributed by atoms with van der Waals surface area (Å²) in [7, 11) is 2.70. The van der Waals surface area contributed by atoms with Crippen molar-refractivity contribution in [2.75, 3.05) is 20.7 Å². The molecule has 1 aromatic heterocycles. The first-order valence-corrected chi connectivity index (χ1v) is 6.00. The van der Waals surface area contributed by atoms with Gasteiger partial charge in [-0.25, -0.2) is 0 Å². The van der Waals surface area contributed by atoms with Gasteiger partial charge in [-0.15, -0.1) is 0 Å². The Balaban J connectivity index is 2.62. The lowest BCUT2D eigenvalue weighted by Gasteiger charge is -2.12. The third-order valence-corrected chi connectivity index (χ3v) is 3.16. The van der Waals surface area contributed by atoms with Crippen LogP contribution in [0.1, 0.15) is 4.88 Å². The van der Waals surface area contributed by atoms with Crippen LogP contribution in [0.4, 0.5) is 5.00 Å². The number of nitro groups is 1. The van der Waals surface area contributed by atoms with Gasteiger partial charge in [-0.3, -0.25) is 19.7 Å². The Labute approximate surface area is 113 Å². The molecule has 0 radical (unpaired) electrons. The molecule has 0 aromatic carbocycles. The maximum absolute atomic E-state index is 11.6. The van der Waals surface area contributed by atoms with Crippen LogP contribution in [0.3, 0.4) is 0 Å². The molecule has 102 valence electrons. The van der Waals surface area contributed by atoms with Gasteiger partial charge >= 0.3 is 11.0 Å². The second kappa shape index (κ2) is 6.64. The zero-order valence-corrected chi connectivity index (χ0v) is 11.2. The summed E-state index contributed by atoms with van der Waals surface area (Å²) in [5.41, 5.74) is 0. The highest BCUT2D eigenvalue weighted by Crippen LogP contribution is 2.24. The number of thiophene rings is 1. The van der Waals surface area contributed by atoms with E-state index in [1.165, 1.54) is 37.3 Å². The van der Waals surface area contributed by atoms with Crippen LogP contribution in [0, 0.1) is 10.1 Å². The Hall–Kier alpha value is -2.22. The summed E-state index contributed by atoms with van der Waals surface area (Å²) < 4.78 is 4.43. The quantitative estimate of drug-likeness (QED) is 0.352. The minimum Gasteiger partial charge on any atom is -0.468 e. The van der Waals surface area contributed by atoms with Crippen LogP contribution >= 0.6 is 11.3 Å². The smallest absolute Gasteiger partial charge is 0.325 e. The molecule has 0 N–H and O–H groups in total. The van der Waals surface area contributed by atoms with Crippen molar-refractivity contribution in [1.82, 2.24) is 4.90 Å². The normalized spacial score (nSPS) is 10.4. The molecule has 0 saturated carbocycles. The van der Waals surface area contributed by atoms with Gasteiger partial charge in [0, 0.05) is 24.1 Å². The fraction of sp³-hybridized carbons (Fsp3) is 0.273. The lowest BCUT2D eigenvalue weighted by atomic mass is 10.4. The largest absolute Gasteiger partial charge is 0.468 e. The third-order valence-electron chi connectivity index (χ3n) is 2.15. The summed E-state index contributed by atoms with van der Waals surface area (Å²) in [4.78, 5) is 34.3. The first kappa shape index (κ1) is 14.8. The molecule has 1 amide bonds. The highest BCUT2D eigenvalue weighted by Gasteiger charge is 2.11. The number of ether oxygens (including phenoxy) is 1. The molecule has 1 aromatic rings. The van der Waals surface area contributed by atoms with Crippen molar-refractivity contribution in [2.24, 2.45) is 0 Å². The lowest BCUT2D eigenvalue weighted by Crippen LogP contribution is -2.31. The van der Waals surface area contributed by atoms with E-state index in [1.807, 2.05) is 0 Å². The number of esters is 1. The van der Waals surface area contributed by atoms with Crippen LogP contribution in [-0.2, 0) is 14.3 Å². The van der Waals surface area contributed by atoms with Crippen LogP contribution in [0.5, 0.6) is 0 Å². The molecule has 1 heterocycles. The average Bonchev–Trinajstić information content (AvgIpc) is 2.84. The fourth-order valence-corrected chi connectivity index (χ4v) is 1.87. The number of carbonyl (C=O) groups excluding carboxylic acids is 2. The van der Waals surface area contributed by atoms with Gasteiger partial charge in [0.25, 0.3) is 0 Å². The van der Waals surface area contributed by atoms with Gasteiger partial charge in [-0.05, 0) is 12.1 Å². The molecule has 19 heavy (non-hydrogen) atoms. The van der Waals surface area contributed by atoms with Crippen molar-refractivity contribution in [3.05, 3.63) is 33.2 Å². The van der Waals surface area contributed by atoms with E-state index in [9.17, 15) is 19.7 Å². The number of nitrogens with zero attached hydrogens (tertiary/aromatic N) is 2. The number of methoxy groups -OCH3 is 1. The molecular weight excluding hydrogens is 272 g/mol. The zero-order valence-electron chi connectivity index (χ0n) is 10.4. The molecule has 8 heteroatoms. The number of hydrogen-bond donors (Lipinski definition) is 0. The summed E-state index contributed by atoms with van der Waals surface area (Å²) in [6.45, 7) is -0.149. The van der Waals surface area contributed by atoms with E-state index in [4.69, 9.17) is 0 Å². The van der Waals surface area contributed by atoms with E-state index in [0.29, 0.717) is 4.88 Å². The number of hydrogen-bond acceptors (Lipinski definition) is 6. The van der Waals surface area contributed by atoms with Gasteiger partial charge in [0.05, 0.1) is 12.0 Å². The molecule has 0 atom stereocenters. The van der Waals surface area contributed by atoms with Crippen molar-refractivity contribution in [2.45, 2.75) is 0 Å². The van der Waals surface area contributed by atoms with Crippen molar-refractivity contribution in [3.8, 4) is 0 Å². The Morgan fingerprint density at radius 1 is 1.53 bits per heavy atom. The molecule has 0 spiro atoms. The third kappa shape index (κ3) is 4.51. The molecule has 0 aliphatic heterocycles. The molecule has 0 aliphatic carbocycles. The molecule has 0 saturated heterocycles. The highest BCUT2D eigenvalue weighted by molar-refractivity contribution is 7.16. The maximum Gasteiger partial charge on any atom is 0.325 e. The van der Waals surface area contributed by atoms with Gasteiger partial charge in [0.15, 0.2) is 0 Å². The molecule has 0 unspecified atom stereocenters. The van der Waals surface area contributed by atoms with Gasteiger partial charge in [0.2, 0.25) is 5.91 Å². The molecule has 1 rings (SSSR count). The fourth-order valence-electron chi connectivity index (χ4n) is 1.15. The van der Waals surface area contributed by atoms with E-state index in [1.54, 1.807) is 6.07 Å². The summed E-state index contributed by atoms with van der Waals surface area (Å²) in [6, 6.07) is 2.92. The monoisotopic (exact) mass is 284 g/mol. The second-order valence-corrected chi connectivity index (χ2v) is 4.63. The van der Waals surface area contributed by atoms with Crippen LogP contribution in [-0.4, -0.2) is 42.4 Å². The van der Waals surface area contributed by atoms with Crippen molar-refractivity contribution < 1.29 is 19.2 Å². The topological polar surface area (TPSA) is 89.8 Å². The number of carbonyl (C=O) groups is 2. The Morgan fingerprint density at radius 3 is 2.74 bits per heavy atom. The average molecular weight is 284 g/mol. The van der Waals surface area contributed by atoms with Gasteiger partial charge in [-0.1, -0.05) is 11.3 Å². The van der Waals surface area contributed by atoms with Crippen LogP contribution < -0.4 is 0 Å². The SMILES string of the molecule is COC(=O)CN(C)C(=O)/C=C/c1ccc([N+](=O)[O-])s1. The van der Waals surface area contributed by atoms with Gasteiger partial charge in [-0.2, -0.15) is 0 Å². The number of likely N-dealkylation sites (N-methyl/N-ethyl adjacent to an activating group) is 1. The van der Waals surface area contributed by atoms with E-state index in [-0.39, 0.29) is 17.5 Å². The lowest BCUT2D eigenvalue weighted by molar-refractivity contribution is -0.380. The second-order valence-electron chi connectivity index (χ2n) is 3.54. The summed E-state index contributed by atoms with van der Waals surface area (Å²) >= 11 is 0.965. The number of amides is 1. The first-order valence-electron chi connectivity index (χ1n) is 5.18. The van der Waals surface area contributed by atoms with Crippen molar-refractivity contribution >= 4 is 34.3 Å². The Bertz CT molecular complexity index is 523.